The van der Waals surface area contributed by atoms with E-state index in [0.717, 1.165) is 29.4 Å². The van der Waals surface area contributed by atoms with Gasteiger partial charge in [-0.15, -0.1) is 0 Å². The zero-order valence-corrected chi connectivity index (χ0v) is 54.8. The quantitative estimate of drug-likeness (QED) is 0.0252. The minimum absolute atomic E-state index is 0.00307. The van der Waals surface area contributed by atoms with Gasteiger partial charge in [0.25, 0.3) is 0 Å². The summed E-state index contributed by atoms with van der Waals surface area (Å²) in [5, 5.41) is 198. The maximum atomic E-state index is 14.1. The molecule has 0 heterocycles. The summed E-state index contributed by atoms with van der Waals surface area (Å²) in [5.74, 6) is -5.20. The Bertz CT molecular complexity index is 2220. The number of hydrogen-bond donors (Lipinski definition) is 23. The SMILES string of the molecule is CN(CC(=O)NCCOCCOCCOC(=O)NCCN(C[C@H](O)[C@@H](O)[C@H](O)[C@H](O)CO)C[C@H](O)[C@@H](O)[C@H](O)CCO)C(=O)CN(C)C(=O)CN(C)C(=O)C(CCCN(C[C@H](O)[C@@H](O)[C@H](O)[C@H](O)CO)C[C@H](O)[C@@H](O)[C@H](O)[C@H](O)CO)NC(=O)CN(C)C(=O)CN(C)C(=O)CN. The number of rotatable bonds is 53. The van der Waals surface area contributed by atoms with Crippen LogP contribution < -0.4 is 21.7 Å². The molecule has 1 unspecified atom stereocenters. The predicted octanol–water partition coefficient (Wildman–Crippen LogP) is -16.2. The molecule has 0 aliphatic carbocycles. The van der Waals surface area contributed by atoms with Gasteiger partial charge >= 0.3 is 6.09 Å². The number of carbonyl (C=O) groups is 8. The molecular weight excluding hydrogens is 1290 g/mol. The molecule has 0 aliphatic heterocycles. The van der Waals surface area contributed by atoms with E-state index in [0.29, 0.717) is 0 Å². The van der Waals surface area contributed by atoms with E-state index in [1.54, 1.807) is 0 Å². The van der Waals surface area contributed by atoms with E-state index in [4.69, 9.17) is 30.2 Å². The van der Waals surface area contributed by atoms with Crippen LogP contribution in [0.3, 0.4) is 0 Å². The van der Waals surface area contributed by atoms with E-state index < -0.39 is 237 Å². The summed E-state index contributed by atoms with van der Waals surface area (Å²) in [5.41, 5.74) is 5.36. The summed E-state index contributed by atoms with van der Waals surface area (Å²) in [6, 6.07) is -1.52. The fraction of sp³-hybridized carbons (Fsp3) is 0.855. The van der Waals surface area contributed by atoms with Gasteiger partial charge in [-0.2, -0.15) is 0 Å². The lowest BCUT2D eigenvalue weighted by Gasteiger charge is -2.34. The number of nitrogens with two attached hydrogens (primary N) is 1. The zero-order valence-electron chi connectivity index (χ0n) is 54.8. The number of ether oxygens (including phenoxy) is 3. The van der Waals surface area contributed by atoms with E-state index in [2.05, 4.69) is 16.0 Å². The van der Waals surface area contributed by atoms with E-state index in [1.807, 2.05) is 0 Å². The molecule has 0 aromatic rings. The number of carbonyl (C=O) groups excluding carboxylic acids is 8. The van der Waals surface area contributed by atoms with Gasteiger partial charge in [0.1, 0.15) is 73.7 Å². The van der Waals surface area contributed by atoms with E-state index in [1.165, 1.54) is 40.1 Å². The number of amides is 8. The third-order valence-corrected chi connectivity index (χ3v) is 14.8. The van der Waals surface area contributed by atoms with Crippen LogP contribution in [-0.4, -0.2) is 463 Å². The van der Waals surface area contributed by atoms with Crippen LogP contribution in [0.4, 0.5) is 4.79 Å². The molecule has 96 heavy (non-hydrogen) atoms. The Morgan fingerprint density at radius 3 is 1.21 bits per heavy atom. The Labute approximate surface area is 554 Å². The van der Waals surface area contributed by atoms with Crippen LogP contribution in [0.5, 0.6) is 0 Å². The molecule has 0 spiro atoms. The van der Waals surface area contributed by atoms with E-state index >= 15 is 0 Å². The summed E-state index contributed by atoms with van der Waals surface area (Å²) in [6.07, 6.45) is -30.2. The molecule has 562 valence electrons. The molecule has 0 fully saturated rings. The highest BCUT2D eigenvalue weighted by molar-refractivity contribution is 5.93. The molecule has 0 radical (unpaired) electrons. The average molecular weight is 1400 g/mol. The molecular formula is C55H107N11O30. The Morgan fingerprint density at radius 2 is 0.771 bits per heavy atom. The third-order valence-electron chi connectivity index (χ3n) is 14.8. The normalized spacial score (nSPS) is 16.8. The first kappa shape index (κ1) is 90.6. The molecule has 8 amide bonds. The average Bonchev–Trinajstić information content (AvgIpc) is 1.33. The summed E-state index contributed by atoms with van der Waals surface area (Å²) in [4.78, 5) is 111. The van der Waals surface area contributed by atoms with Crippen LogP contribution in [0.25, 0.3) is 0 Å². The van der Waals surface area contributed by atoms with Crippen molar-refractivity contribution in [3.8, 4) is 0 Å². The molecule has 41 nitrogen and oxygen atoms in total. The lowest BCUT2D eigenvalue weighted by molar-refractivity contribution is -0.144. The molecule has 0 rings (SSSR count). The second-order valence-electron chi connectivity index (χ2n) is 22.8. The molecule has 24 N–H and O–H groups in total. The minimum Gasteiger partial charge on any atom is -0.447 e. The first-order valence-electron chi connectivity index (χ1n) is 30.7. The number of nitrogens with zero attached hydrogens (tertiary/aromatic N) is 7. The van der Waals surface area contributed by atoms with Gasteiger partial charge in [-0.25, -0.2) is 4.79 Å². The highest BCUT2D eigenvalue weighted by Crippen LogP contribution is 2.15. The number of aliphatic hydroxyl groups excluding tert-OH is 19. The smallest absolute Gasteiger partial charge is 0.407 e. The zero-order chi connectivity index (χ0) is 73.5. The second kappa shape index (κ2) is 49.2. The third kappa shape index (κ3) is 35.4. The number of alkyl carbamates (subject to hydrolysis) is 1. The van der Waals surface area contributed by atoms with E-state index in [9.17, 15) is 125 Å². The summed E-state index contributed by atoms with van der Waals surface area (Å²) in [6.45, 7) is -9.88. The molecule has 0 bridgehead atoms. The molecule has 0 saturated carbocycles. The molecule has 16 atom stereocenters. The fourth-order valence-corrected chi connectivity index (χ4v) is 8.72. The maximum Gasteiger partial charge on any atom is 0.407 e. The lowest BCUT2D eigenvalue weighted by Crippen LogP contribution is -2.54. The van der Waals surface area contributed by atoms with Crippen molar-refractivity contribution in [2.24, 2.45) is 5.73 Å². The summed E-state index contributed by atoms with van der Waals surface area (Å²) in [7, 11) is 6.24. The lowest BCUT2D eigenvalue weighted by atomic mass is 10.0. The first-order valence-corrected chi connectivity index (χ1v) is 30.7. The van der Waals surface area contributed by atoms with Crippen molar-refractivity contribution >= 4 is 47.4 Å². The van der Waals surface area contributed by atoms with Crippen molar-refractivity contribution in [3.05, 3.63) is 0 Å². The topological polar surface area (TPSA) is 633 Å². The Hall–Kier alpha value is -5.40. The summed E-state index contributed by atoms with van der Waals surface area (Å²) < 4.78 is 15.8. The van der Waals surface area contributed by atoms with Crippen molar-refractivity contribution in [1.82, 2.24) is 50.2 Å². The van der Waals surface area contributed by atoms with Gasteiger partial charge in [-0.1, -0.05) is 0 Å². The minimum atomic E-state index is -2.11. The standard InChI is InChI=1S/C55H107N11O30/c1-60(24-41(79)57-10-14-94-15-16-95-17-18-96-55(93)58-9-12-66(20-34(72)47(85)33(71)8-13-67)23-37(75)50(88)53(91)40(78)31-70)45(83)27-63(4)46(84)28-64(5)54(92)32(59-42(80)25-61(2)44(82)26-62(3)43(81)19-56)7-6-11-65(21-35(73)48(86)51(89)38(76)29-68)22-36(74)49(87)52(90)39(77)30-69/h32-40,47-53,67-78,85-91H,6-31,56H2,1-5H3,(H,57,79)(H,58,93)(H,59,80)/t32?,33-,34+,35+,36+,37+,38-,39-,40-,47+,48-,49-,50-,51-,52-,53-/m1/s1. The van der Waals surface area contributed by atoms with Crippen molar-refractivity contribution in [1.29, 1.82) is 0 Å². The van der Waals surface area contributed by atoms with Gasteiger partial charge in [-0.05, 0) is 25.8 Å². The van der Waals surface area contributed by atoms with Crippen LogP contribution in [0.2, 0.25) is 0 Å². The number of nitrogens with one attached hydrogen (secondary N) is 3. The van der Waals surface area contributed by atoms with Crippen molar-refractivity contribution in [3.63, 3.8) is 0 Å². The Balaban J connectivity index is 5.54. The Morgan fingerprint density at radius 1 is 0.396 bits per heavy atom. The van der Waals surface area contributed by atoms with Crippen molar-refractivity contribution in [2.75, 3.05) is 186 Å². The molecule has 41 heteroatoms. The first-order chi connectivity index (χ1) is 45.0. The van der Waals surface area contributed by atoms with Crippen LogP contribution in [0, 0.1) is 0 Å². The summed E-state index contributed by atoms with van der Waals surface area (Å²) >= 11 is 0. The van der Waals surface area contributed by atoms with Crippen molar-refractivity contribution in [2.45, 2.75) is 117 Å². The van der Waals surface area contributed by atoms with E-state index in [-0.39, 0.29) is 78.5 Å². The number of likely N-dealkylation sites (N-methyl/N-ethyl adjacent to an activating group) is 5. The van der Waals surface area contributed by atoms with Crippen LogP contribution >= 0.6 is 0 Å². The fourth-order valence-electron chi connectivity index (χ4n) is 8.72. The molecule has 0 aromatic heterocycles. The second-order valence-corrected chi connectivity index (χ2v) is 22.8. The highest BCUT2D eigenvalue weighted by atomic mass is 16.6. The van der Waals surface area contributed by atoms with Gasteiger partial charge in [0.2, 0.25) is 41.4 Å². The molecule has 0 saturated heterocycles. The van der Waals surface area contributed by atoms with Gasteiger partial charge in [0.15, 0.2) is 0 Å². The van der Waals surface area contributed by atoms with Gasteiger partial charge in [-0.3, -0.25) is 43.4 Å². The molecule has 0 aromatic carbocycles. The largest absolute Gasteiger partial charge is 0.447 e. The van der Waals surface area contributed by atoms with Crippen LogP contribution in [-0.2, 0) is 47.8 Å². The highest BCUT2D eigenvalue weighted by Gasteiger charge is 2.37. The van der Waals surface area contributed by atoms with Gasteiger partial charge in [0, 0.05) is 87.7 Å². The van der Waals surface area contributed by atoms with Crippen LogP contribution in [0.1, 0.15) is 19.3 Å². The van der Waals surface area contributed by atoms with Gasteiger partial charge in [0.05, 0.1) is 116 Å². The number of aliphatic hydroxyl groups is 19. The monoisotopic (exact) mass is 1400 g/mol. The maximum absolute atomic E-state index is 14.1. The Kier molecular flexibility index (Phi) is 46.4. The molecule has 0 aliphatic rings. The number of hydrogen-bond acceptors (Lipinski definition) is 33. The van der Waals surface area contributed by atoms with Crippen LogP contribution in [0.15, 0.2) is 0 Å². The predicted molar refractivity (Wildman–Crippen MR) is 328 cm³/mol. The van der Waals surface area contributed by atoms with Crippen molar-refractivity contribution < 1.29 is 150 Å². The van der Waals surface area contributed by atoms with Gasteiger partial charge < -0.3 is 157 Å².